The molecule has 0 bridgehead atoms. The van der Waals surface area contributed by atoms with E-state index in [0.717, 1.165) is 9.52 Å². The number of carboxylic acid groups (broad SMARTS) is 2. The van der Waals surface area contributed by atoms with E-state index in [1.807, 2.05) is 18.2 Å². The third-order valence-corrected chi connectivity index (χ3v) is 2.73. The van der Waals surface area contributed by atoms with Crippen LogP contribution in [0.4, 0.5) is 32.2 Å². The summed E-state index contributed by atoms with van der Waals surface area (Å²) in [5.41, 5.74) is 0. The van der Waals surface area contributed by atoms with Gasteiger partial charge in [0.15, 0.2) is 0 Å². The van der Waals surface area contributed by atoms with E-state index in [1.54, 1.807) is 0 Å². The molecule has 0 aliphatic heterocycles. The zero-order valence-corrected chi connectivity index (χ0v) is 14.2. The van der Waals surface area contributed by atoms with E-state index >= 15 is 0 Å². The highest BCUT2D eigenvalue weighted by molar-refractivity contribution is 14.1. The zero-order valence-electron chi connectivity index (χ0n) is 12.0. The molecule has 0 spiro atoms. The normalized spacial score (nSPS) is 13.6. The lowest BCUT2D eigenvalue weighted by Crippen LogP contribution is -2.21. The molecule has 3 N–H and O–H groups in total. The largest absolute Gasteiger partial charge is 0.490 e. The summed E-state index contributed by atoms with van der Waals surface area (Å²) in [4.78, 5) is 22.1. The highest BCUT2D eigenvalue weighted by Gasteiger charge is 2.38. The molecule has 13 heteroatoms. The lowest BCUT2D eigenvalue weighted by molar-refractivity contribution is -0.193. The first kappa shape index (κ1) is 23.2. The number of hydrogen-bond donors (Lipinski definition) is 3. The van der Waals surface area contributed by atoms with Crippen molar-refractivity contribution < 1.29 is 46.1 Å². The summed E-state index contributed by atoms with van der Waals surface area (Å²) in [6.45, 7) is 0. The highest BCUT2D eigenvalue weighted by Crippen LogP contribution is 2.23. The van der Waals surface area contributed by atoms with Gasteiger partial charge in [-0.15, -0.1) is 0 Å². The Balaban J connectivity index is 0.000000366. The van der Waals surface area contributed by atoms with Gasteiger partial charge in [0.2, 0.25) is 0 Å². The summed E-state index contributed by atoms with van der Waals surface area (Å²) in [7, 11) is 0. The minimum atomic E-state index is -5.08. The molecule has 25 heavy (non-hydrogen) atoms. The Morgan fingerprint density at radius 1 is 1.04 bits per heavy atom. The molecule has 0 aromatic carbocycles. The van der Waals surface area contributed by atoms with Crippen LogP contribution in [0.25, 0.3) is 0 Å². The SMILES string of the molecule is Ic1cccc(NC2CC2)n1.O=C(O)C(F)(F)F.O=C(O)C(F)(F)F. The van der Waals surface area contributed by atoms with Gasteiger partial charge in [0.05, 0.1) is 0 Å². The quantitative estimate of drug-likeness (QED) is 0.335. The molecule has 1 heterocycles. The van der Waals surface area contributed by atoms with Crippen molar-refractivity contribution in [1.82, 2.24) is 4.98 Å². The third kappa shape index (κ3) is 12.2. The summed E-state index contributed by atoms with van der Waals surface area (Å²) >= 11 is 2.22. The number of rotatable bonds is 2. The fraction of sp³-hybridized carbons (Fsp3) is 0.417. The average Bonchev–Trinajstić information content (AvgIpc) is 3.22. The van der Waals surface area contributed by atoms with E-state index in [2.05, 4.69) is 32.9 Å². The summed E-state index contributed by atoms with van der Waals surface area (Å²) in [6, 6.07) is 6.74. The molecular formula is C12H11F6IN2O4. The molecule has 6 nitrogen and oxygen atoms in total. The first-order valence-corrected chi connectivity index (χ1v) is 7.30. The Morgan fingerprint density at radius 3 is 1.72 bits per heavy atom. The molecule has 0 radical (unpaired) electrons. The predicted molar refractivity (Wildman–Crippen MR) is 81.0 cm³/mol. The van der Waals surface area contributed by atoms with Gasteiger partial charge in [-0.25, -0.2) is 14.6 Å². The molecule has 142 valence electrons. The first-order valence-electron chi connectivity index (χ1n) is 6.22. The topological polar surface area (TPSA) is 99.5 Å². The maximum atomic E-state index is 10.6. The van der Waals surface area contributed by atoms with Gasteiger partial charge in [-0.1, -0.05) is 6.07 Å². The van der Waals surface area contributed by atoms with Gasteiger partial charge in [0.25, 0.3) is 0 Å². The summed E-state index contributed by atoms with van der Waals surface area (Å²) in [6.07, 6.45) is -7.57. The second-order valence-electron chi connectivity index (χ2n) is 4.37. The number of alkyl halides is 6. The Kier molecular flexibility index (Phi) is 8.93. The number of pyridine rings is 1. The van der Waals surface area contributed by atoms with Crippen LogP contribution >= 0.6 is 22.6 Å². The second kappa shape index (κ2) is 9.62. The standard InChI is InChI=1S/C8H9IN2.2C2HF3O2/c9-7-2-1-3-8(11-7)10-6-4-5-6;2*3-2(4,5)1(6)7/h1-3,6H,4-5H2,(H,10,11);2*(H,6,7). The third-order valence-electron chi connectivity index (χ3n) is 2.13. The molecule has 0 atom stereocenters. The number of nitrogens with zero attached hydrogens (tertiary/aromatic N) is 1. The molecule has 0 saturated heterocycles. The second-order valence-corrected chi connectivity index (χ2v) is 5.48. The van der Waals surface area contributed by atoms with Gasteiger partial charge in [-0.3, -0.25) is 0 Å². The minimum absolute atomic E-state index is 0.695. The number of carboxylic acids is 2. The van der Waals surface area contributed by atoms with Crippen LogP contribution in [0.15, 0.2) is 18.2 Å². The van der Waals surface area contributed by atoms with Crippen molar-refractivity contribution in [1.29, 1.82) is 0 Å². The molecule has 1 aliphatic carbocycles. The lowest BCUT2D eigenvalue weighted by atomic mass is 10.4. The summed E-state index contributed by atoms with van der Waals surface area (Å²) in [5, 5.41) is 17.6. The molecule has 0 unspecified atom stereocenters. The maximum Gasteiger partial charge on any atom is 0.490 e. The predicted octanol–water partition coefficient (Wildman–Crippen LogP) is 3.53. The van der Waals surface area contributed by atoms with Crippen LogP contribution in [-0.4, -0.2) is 45.5 Å². The number of carbonyl (C=O) groups is 2. The molecule has 1 fully saturated rings. The Morgan fingerprint density at radius 2 is 1.44 bits per heavy atom. The number of aliphatic carboxylic acids is 2. The van der Waals surface area contributed by atoms with Gasteiger partial charge in [-0.05, 0) is 47.6 Å². The molecular weight excluding hydrogens is 477 g/mol. The van der Waals surface area contributed by atoms with Crippen LogP contribution in [0.2, 0.25) is 0 Å². The lowest BCUT2D eigenvalue weighted by Gasteiger charge is -2.01. The van der Waals surface area contributed by atoms with Gasteiger partial charge in [0, 0.05) is 6.04 Å². The molecule has 0 amide bonds. The Labute approximate surface area is 150 Å². The number of hydrogen-bond acceptors (Lipinski definition) is 4. The molecule has 1 aromatic rings. The van der Waals surface area contributed by atoms with Gasteiger partial charge in [0.1, 0.15) is 9.52 Å². The van der Waals surface area contributed by atoms with E-state index in [9.17, 15) is 26.3 Å². The molecule has 2 rings (SSSR count). The number of nitrogens with one attached hydrogen (secondary N) is 1. The van der Waals surface area contributed by atoms with Crippen LogP contribution in [0.3, 0.4) is 0 Å². The van der Waals surface area contributed by atoms with Crippen molar-refractivity contribution >= 4 is 40.3 Å². The molecule has 1 aliphatic rings. The number of anilines is 1. The van der Waals surface area contributed by atoms with Crippen molar-refractivity contribution in [3.63, 3.8) is 0 Å². The fourth-order valence-electron chi connectivity index (χ4n) is 0.925. The van der Waals surface area contributed by atoms with E-state index in [4.69, 9.17) is 19.8 Å². The van der Waals surface area contributed by atoms with Crippen molar-refractivity contribution in [2.45, 2.75) is 31.2 Å². The van der Waals surface area contributed by atoms with Crippen molar-refractivity contribution in [2.24, 2.45) is 0 Å². The fourth-order valence-corrected chi connectivity index (χ4v) is 1.39. The Hall–Kier alpha value is -1.80. The van der Waals surface area contributed by atoms with Crippen molar-refractivity contribution in [3.05, 3.63) is 21.9 Å². The molecule has 1 saturated carbocycles. The summed E-state index contributed by atoms with van der Waals surface area (Å²) in [5.74, 6) is -4.50. The van der Waals surface area contributed by atoms with Crippen LogP contribution in [0.1, 0.15) is 12.8 Å². The van der Waals surface area contributed by atoms with E-state index in [-0.39, 0.29) is 0 Å². The zero-order chi connectivity index (χ0) is 19.8. The van der Waals surface area contributed by atoms with Gasteiger partial charge >= 0.3 is 24.3 Å². The van der Waals surface area contributed by atoms with E-state index in [1.165, 1.54) is 12.8 Å². The smallest absolute Gasteiger partial charge is 0.475 e. The average molecular weight is 488 g/mol. The van der Waals surface area contributed by atoms with Crippen molar-refractivity contribution in [2.75, 3.05) is 5.32 Å². The van der Waals surface area contributed by atoms with Crippen molar-refractivity contribution in [3.8, 4) is 0 Å². The van der Waals surface area contributed by atoms with Crippen LogP contribution < -0.4 is 5.32 Å². The van der Waals surface area contributed by atoms with Crippen LogP contribution in [0, 0.1) is 3.70 Å². The van der Waals surface area contributed by atoms with Gasteiger partial charge < -0.3 is 15.5 Å². The van der Waals surface area contributed by atoms with E-state index < -0.39 is 24.3 Å². The van der Waals surface area contributed by atoms with Crippen LogP contribution in [0.5, 0.6) is 0 Å². The number of halogens is 7. The highest BCUT2D eigenvalue weighted by atomic mass is 127. The monoisotopic (exact) mass is 488 g/mol. The Bertz CT molecular complexity index is 566. The maximum absolute atomic E-state index is 10.6. The van der Waals surface area contributed by atoms with Gasteiger partial charge in [-0.2, -0.15) is 26.3 Å². The molecule has 1 aromatic heterocycles. The number of aromatic nitrogens is 1. The first-order chi connectivity index (χ1) is 11.2. The van der Waals surface area contributed by atoms with Crippen LogP contribution in [-0.2, 0) is 9.59 Å². The minimum Gasteiger partial charge on any atom is -0.475 e. The summed E-state index contributed by atoms with van der Waals surface area (Å²) < 4.78 is 64.5. The van der Waals surface area contributed by atoms with E-state index in [0.29, 0.717) is 6.04 Å².